The van der Waals surface area contributed by atoms with Crippen LogP contribution in [-0.2, 0) is 32.6 Å². The molecule has 0 fully saturated rings. The molecule has 0 aliphatic rings. The first-order chi connectivity index (χ1) is 20.1. The van der Waals surface area contributed by atoms with Crippen molar-refractivity contribution < 1.29 is 22.7 Å². The number of benzene rings is 3. The molecule has 3 aromatic carbocycles. The van der Waals surface area contributed by atoms with Crippen molar-refractivity contribution in [3.63, 3.8) is 0 Å². The second-order valence-corrected chi connectivity index (χ2v) is 12.8. The van der Waals surface area contributed by atoms with E-state index in [1.54, 1.807) is 29.2 Å². The minimum Gasteiger partial charge on any atom is -0.492 e. The van der Waals surface area contributed by atoms with E-state index < -0.39 is 16.1 Å². The summed E-state index contributed by atoms with van der Waals surface area (Å²) in [6.07, 6.45) is 2.60. The summed E-state index contributed by atoms with van der Waals surface area (Å²) in [6.45, 7) is 5.05. The van der Waals surface area contributed by atoms with Crippen LogP contribution in [0, 0.1) is 0 Å². The fraction of sp³-hybridized carbons (Fsp3) is 0.375. The summed E-state index contributed by atoms with van der Waals surface area (Å²) in [5.74, 6) is 0.0238. The monoisotopic (exact) mass is 657 g/mol. The van der Waals surface area contributed by atoms with Crippen LogP contribution in [0.5, 0.6) is 5.75 Å². The number of hydrogen-bond acceptors (Lipinski definition) is 5. The van der Waals surface area contributed by atoms with Crippen molar-refractivity contribution in [1.82, 2.24) is 10.2 Å². The maximum atomic E-state index is 13.9. The Hall–Kier alpha value is -3.37. The van der Waals surface area contributed by atoms with E-state index in [0.717, 1.165) is 28.3 Å². The highest BCUT2D eigenvalue weighted by molar-refractivity contribution is 9.10. The molecule has 2 amide bonds. The number of nitrogens with zero attached hydrogens (tertiary/aromatic N) is 2. The normalized spacial score (nSPS) is 11.9. The molecule has 0 unspecified atom stereocenters. The average molecular weight is 659 g/mol. The number of ether oxygens (including phenoxy) is 1. The van der Waals surface area contributed by atoms with Crippen molar-refractivity contribution in [2.24, 2.45) is 0 Å². The molecule has 0 saturated heterocycles. The predicted molar refractivity (Wildman–Crippen MR) is 171 cm³/mol. The third-order valence-electron chi connectivity index (χ3n) is 6.67. The van der Waals surface area contributed by atoms with Crippen LogP contribution < -0.4 is 14.4 Å². The van der Waals surface area contributed by atoms with E-state index >= 15 is 0 Å². The molecule has 3 rings (SSSR count). The smallest absolute Gasteiger partial charge is 0.243 e. The fourth-order valence-corrected chi connectivity index (χ4v) is 5.86. The largest absolute Gasteiger partial charge is 0.492 e. The van der Waals surface area contributed by atoms with Gasteiger partial charge in [-0.1, -0.05) is 77.5 Å². The van der Waals surface area contributed by atoms with E-state index in [4.69, 9.17) is 4.74 Å². The number of rotatable bonds is 16. The number of para-hydroxylation sites is 2. The van der Waals surface area contributed by atoms with Crippen LogP contribution in [0.25, 0.3) is 0 Å². The van der Waals surface area contributed by atoms with Crippen molar-refractivity contribution in [2.45, 2.75) is 52.1 Å². The number of nitrogens with one attached hydrogen (secondary N) is 1. The first-order valence-corrected chi connectivity index (χ1v) is 16.8. The SMILES string of the molecule is CCCNC(=O)[C@H](Cc1ccccc1)N(Cc1ccc(Br)cc1)C(=O)CCCN(c1ccccc1OCC)S(C)(=O)=O. The number of anilines is 1. The molecule has 8 nitrogen and oxygen atoms in total. The van der Waals surface area contributed by atoms with Crippen LogP contribution >= 0.6 is 15.9 Å². The molecule has 0 saturated carbocycles. The molecule has 0 aliphatic heterocycles. The average Bonchev–Trinajstić information content (AvgIpc) is 2.97. The Morgan fingerprint density at radius 1 is 0.929 bits per heavy atom. The lowest BCUT2D eigenvalue weighted by Crippen LogP contribution is -2.50. The topological polar surface area (TPSA) is 96.0 Å². The Balaban J connectivity index is 1.88. The third kappa shape index (κ3) is 9.87. The number of amides is 2. The Morgan fingerprint density at radius 3 is 2.24 bits per heavy atom. The number of carbonyl (C=O) groups excluding carboxylic acids is 2. The van der Waals surface area contributed by atoms with Gasteiger partial charge in [0.1, 0.15) is 11.8 Å². The minimum absolute atomic E-state index is 0.0612. The molecule has 0 heterocycles. The zero-order valence-corrected chi connectivity index (χ0v) is 26.9. The van der Waals surface area contributed by atoms with Crippen molar-refractivity contribution >= 4 is 43.5 Å². The Morgan fingerprint density at radius 2 is 1.60 bits per heavy atom. The summed E-state index contributed by atoms with van der Waals surface area (Å²) < 4.78 is 33.4. The molecule has 0 aliphatic carbocycles. The van der Waals surface area contributed by atoms with E-state index in [1.165, 1.54) is 4.31 Å². The molecule has 42 heavy (non-hydrogen) atoms. The van der Waals surface area contributed by atoms with E-state index in [0.29, 0.717) is 31.0 Å². The van der Waals surface area contributed by atoms with E-state index in [-0.39, 0.29) is 37.7 Å². The van der Waals surface area contributed by atoms with Gasteiger partial charge < -0.3 is 15.0 Å². The Labute approximate surface area is 258 Å². The van der Waals surface area contributed by atoms with Crippen LogP contribution in [-0.4, -0.2) is 57.1 Å². The number of sulfonamides is 1. The number of hydrogen-bond donors (Lipinski definition) is 1. The van der Waals surface area contributed by atoms with Gasteiger partial charge in [-0.2, -0.15) is 0 Å². The first-order valence-electron chi connectivity index (χ1n) is 14.2. The first kappa shape index (κ1) is 33.1. The minimum atomic E-state index is -3.65. The quantitative estimate of drug-likeness (QED) is 0.218. The van der Waals surface area contributed by atoms with Gasteiger partial charge in [0.15, 0.2) is 0 Å². The summed E-state index contributed by atoms with van der Waals surface area (Å²) in [4.78, 5) is 29.0. The van der Waals surface area contributed by atoms with E-state index in [2.05, 4.69) is 21.2 Å². The van der Waals surface area contributed by atoms with Gasteiger partial charge in [0.05, 0.1) is 18.6 Å². The molecular formula is C32H40BrN3O5S. The molecule has 0 aromatic heterocycles. The van der Waals surface area contributed by atoms with Crippen LogP contribution in [0.2, 0.25) is 0 Å². The van der Waals surface area contributed by atoms with Gasteiger partial charge in [-0.3, -0.25) is 13.9 Å². The number of halogens is 1. The molecule has 226 valence electrons. The Kier molecular flexibility index (Phi) is 12.9. The van der Waals surface area contributed by atoms with Crippen molar-refractivity contribution in [1.29, 1.82) is 0 Å². The molecule has 0 radical (unpaired) electrons. The van der Waals surface area contributed by atoms with Crippen molar-refractivity contribution in [2.75, 3.05) is 30.3 Å². The summed E-state index contributed by atoms with van der Waals surface area (Å²) in [5, 5.41) is 2.98. The lowest BCUT2D eigenvalue weighted by atomic mass is 10.0. The molecule has 0 spiro atoms. The fourth-order valence-electron chi connectivity index (χ4n) is 4.63. The van der Waals surface area contributed by atoms with Crippen LogP contribution in [0.4, 0.5) is 5.69 Å². The van der Waals surface area contributed by atoms with Crippen molar-refractivity contribution in [3.8, 4) is 5.75 Å². The maximum Gasteiger partial charge on any atom is 0.243 e. The second kappa shape index (κ2) is 16.3. The van der Waals surface area contributed by atoms with Gasteiger partial charge >= 0.3 is 0 Å². The van der Waals surface area contributed by atoms with E-state index in [1.807, 2.05) is 68.4 Å². The number of carbonyl (C=O) groups is 2. The van der Waals surface area contributed by atoms with Gasteiger partial charge in [0, 0.05) is 36.9 Å². The highest BCUT2D eigenvalue weighted by atomic mass is 79.9. The van der Waals surface area contributed by atoms with Gasteiger partial charge in [-0.05, 0) is 55.2 Å². The second-order valence-electron chi connectivity index (χ2n) is 9.98. The van der Waals surface area contributed by atoms with E-state index in [9.17, 15) is 18.0 Å². The van der Waals surface area contributed by atoms with Gasteiger partial charge in [0.25, 0.3) is 0 Å². The van der Waals surface area contributed by atoms with Gasteiger partial charge in [-0.15, -0.1) is 0 Å². The molecule has 0 bridgehead atoms. The lowest BCUT2D eigenvalue weighted by Gasteiger charge is -2.32. The zero-order chi connectivity index (χ0) is 30.5. The molecule has 1 N–H and O–H groups in total. The molecular weight excluding hydrogens is 618 g/mol. The highest BCUT2D eigenvalue weighted by Crippen LogP contribution is 2.30. The van der Waals surface area contributed by atoms with Crippen LogP contribution in [0.15, 0.2) is 83.3 Å². The van der Waals surface area contributed by atoms with Crippen molar-refractivity contribution in [3.05, 3.63) is 94.5 Å². The molecule has 10 heteroatoms. The van der Waals surface area contributed by atoms with Gasteiger partial charge in [-0.25, -0.2) is 8.42 Å². The maximum absolute atomic E-state index is 13.9. The highest BCUT2D eigenvalue weighted by Gasteiger charge is 2.30. The summed E-state index contributed by atoms with van der Waals surface area (Å²) >= 11 is 3.46. The third-order valence-corrected chi connectivity index (χ3v) is 8.38. The summed E-state index contributed by atoms with van der Waals surface area (Å²) in [7, 11) is -3.65. The predicted octanol–water partition coefficient (Wildman–Crippen LogP) is 5.56. The standard InChI is InChI=1S/C32H40BrN3O5S/c1-4-21-34-32(38)29(23-25-12-7-6-8-13-25)35(24-26-17-19-27(33)20-18-26)31(37)16-11-22-36(42(3,39)40)28-14-9-10-15-30(28)41-5-2/h6-10,12-15,17-20,29H,4-5,11,16,21-24H2,1-3H3,(H,34,38)/t29-/m0/s1. The molecule has 1 atom stereocenters. The van der Waals surface area contributed by atoms with Crippen LogP contribution in [0.3, 0.4) is 0 Å². The zero-order valence-electron chi connectivity index (χ0n) is 24.5. The lowest BCUT2D eigenvalue weighted by molar-refractivity contribution is -0.141. The summed E-state index contributed by atoms with van der Waals surface area (Å²) in [6, 6.07) is 23.5. The van der Waals surface area contributed by atoms with Gasteiger partial charge in [0.2, 0.25) is 21.8 Å². The Bertz CT molecular complexity index is 1400. The summed E-state index contributed by atoms with van der Waals surface area (Å²) in [5.41, 5.74) is 2.26. The van der Waals surface area contributed by atoms with Crippen LogP contribution in [0.1, 0.15) is 44.2 Å². The molecule has 3 aromatic rings.